The summed E-state index contributed by atoms with van der Waals surface area (Å²) in [6, 6.07) is 13.5. The average molecular weight is 306 g/mol. The number of nitrogens with one attached hydrogen (secondary N) is 1. The molecule has 116 valence electrons. The number of hydrogen-bond acceptors (Lipinski definition) is 3. The van der Waals surface area contributed by atoms with Crippen LogP contribution in [0.3, 0.4) is 0 Å². The van der Waals surface area contributed by atoms with Crippen molar-refractivity contribution in [3.05, 3.63) is 81.4 Å². The molecule has 1 N–H and O–H groups in total. The van der Waals surface area contributed by atoms with Gasteiger partial charge >= 0.3 is 0 Å². The van der Waals surface area contributed by atoms with Crippen LogP contribution in [0, 0.1) is 23.0 Å². The zero-order valence-corrected chi connectivity index (χ0v) is 12.9. The minimum atomic E-state index is -0.324. The Morgan fingerprint density at radius 3 is 2.87 bits per heavy atom. The van der Waals surface area contributed by atoms with Gasteiger partial charge in [0.1, 0.15) is 0 Å². The summed E-state index contributed by atoms with van der Waals surface area (Å²) in [7, 11) is 0. The minimum Gasteiger partial charge on any atom is -0.377 e. The molecule has 0 amide bonds. The van der Waals surface area contributed by atoms with E-state index in [9.17, 15) is 10.1 Å². The first-order valence-electron chi connectivity index (χ1n) is 7.92. The van der Waals surface area contributed by atoms with Crippen LogP contribution in [0.15, 0.2) is 54.6 Å². The van der Waals surface area contributed by atoms with Gasteiger partial charge in [-0.1, -0.05) is 42.5 Å². The van der Waals surface area contributed by atoms with Crippen LogP contribution in [-0.4, -0.2) is 4.92 Å². The number of anilines is 1. The van der Waals surface area contributed by atoms with Crippen LogP contribution in [0.5, 0.6) is 0 Å². The van der Waals surface area contributed by atoms with Crippen molar-refractivity contribution in [3.8, 4) is 0 Å². The fourth-order valence-corrected chi connectivity index (χ4v) is 3.94. The number of aryl methyl sites for hydroxylation is 1. The molecule has 0 fully saturated rings. The SMILES string of the molecule is Cc1cccc2c1N[C@H](c1cccc([N+](=O)[O-])c1)[C@H]1CC=C[C@H]21. The van der Waals surface area contributed by atoms with Gasteiger partial charge in [0.15, 0.2) is 0 Å². The van der Waals surface area contributed by atoms with Crippen molar-refractivity contribution in [2.45, 2.75) is 25.3 Å². The largest absolute Gasteiger partial charge is 0.377 e. The summed E-state index contributed by atoms with van der Waals surface area (Å²) in [6.45, 7) is 2.11. The molecular weight excluding hydrogens is 288 g/mol. The summed E-state index contributed by atoms with van der Waals surface area (Å²) in [5.41, 5.74) is 4.88. The molecule has 0 spiro atoms. The maximum atomic E-state index is 11.1. The van der Waals surface area contributed by atoms with Gasteiger partial charge in [-0.3, -0.25) is 10.1 Å². The lowest BCUT2D eigenvalue weighted by Crippen LogP contribution is -2.29. The molecule has 3 atom stereocenters. The fraction of sp³-hybridized carbons (Fsp3) is 0.263. The van der Waals surface area contributed by atoms with Crippen molar-refractivity contribution in [2.24, 2.45) is 5.92 Å². The lowest BCUT2D eigenvalue weighted by molar-refractivity contribution is -0.384. The van der Waals surface area contributed by atoms with Crippen molar-refractivity contribution in [1.29, 1.82) is 0 Å². The molecule has 2 aromatic rings. The molecule has 1 aliphatic heterocycles. The van der Waals surface area contributed by atoms with E-state index in [0.29, 0.717) is 11.8 Å². The van der Waals surface area contributed by atoms with Crippen LogP contribution in [0.25, 0.3) is 0 Å². The van der Waals surface area contributed by atoms with Gasteiger partial charge < -0.3 is 5.32 Å². The summed E-state index contributed by atoms with van der Waals surface area (Å²) in [5, 5.41) is 14.7. The lowest BCUT2D eigenvalue weighted by Gasteiger charge is -2.38. The number of nitro groups is 1. The highest BCUT2D eigenvalue weighted by Crippen LogP contribution is 2.50. The Labute approximate surface area is 135 Å². The van der Waals surface area contributed by atoms with Gasteiger partial charge in [-0.15, -0.1) is 0 Å². The number of rotatable bonds is 2. The second-order valence-electron chi connectivity index (χ2n) is 6.37. The Morgan fingerprint density at radius 2 is 2.04 bits per heavy atom. The van der Waals surface area contributed by atoms with E-state index in [1.807, 2.05) is 6.07 Å². The zero-order valence-electron chi connectivity index (χ0n) is 12.9. The lowest BCUT2D eigenvalue weighted by atomic mass is 9.76. The van der Waals surface area contributed by atoms with Crippen molar-refractivity contribution in [1.82, 2.24) is 0 Å². The van der Waals surface area contributed by atoms with Crippen LogP contribution in [0.4, 0.5) is 11.4 Å². The number of benzene rings is 2. The monoisotopic (exact) mass is 306 g/mol. The predicted octanol–water partition coefficient (Wildman–Crippen LogP) is 4.73. The second kappa shape index (κ2) is 5.23. The van der Waals surface area contributed by atoms with Crippen LogP contribution in [-0.2, 0) is 0 Å². The van der Waals surface area contributed by atoms with E-state index in [0.717, 1.165) is 12.0 Å². The second-order valence-corrected chi connectivity index (χ2v) is 6.37. The molecule has 0 unspecified atom stereocenters. The van der Waals surface area contributed by atoms with Crippen LogP contribution in [0.1, 0.15) is 35.1 Å². The van der Waals surface area contributed by atoms with Crippen molar-refractivity contribution in [2.75, 3.05) is 5.32 Å². The Hall–Kier alpha value is -2.62. The standard InChI is InChI=1S/C19H18N2O2/c1-12-5-2-9-16-15-8-4-10-17(15)19(20-18(12)16)13-6-3-7-14(11-13)21(22)23/h2-9,11,15,17,19-20H,10H2,1H3/t15-,17+,19-/m1/s1. The first kappa shape index (κ1) is 14.0. The molecular formula is C19H18N2O2. The number of hydrogen-bond donors (Lipinski definition) is 1. The third-order valence-corrected chi connectivity index (χ3v) is 5.05. The van der Waals surface area contributed by atoms with Gasteiger partial charge in [0.25, 0.3) is 5.69 Å². The van der Waals surface area contributed by atoms with E-state index in [1.54, 1.807) is 18.2 Å². The van der Waals surface area contributed by atoms with Gasteiger partial charge in [0, 0.05) is 23.7 Å². The molecule has 0 saturated carbocycles. The van der Waals surface area contributed by atoms with Gasteiger partial charge in [0.05, 0.1) is 11.0 Å². The van der Waals surface area contributed by atoms with Crippen LogP contribution < -0.4 is 5.32 Å². The number of non-ortho nitro benzene ring substituents is 1. The fourth-order valence-electron chi connectivity index (χ4n) is 3.94. The normalized spacial score (nSPS) is 24.7. The third kappa shape index (κ3) is 2.22. The molecule has 1 aliphatic carbocycles. The Morgan fingerprint density at radius 1 is 1.22 bits per heavy atom. The third-order valence-electron chi connectivity index (χ3n) is 5.05. The van der Waals surface area contributed by atoms with Gasteiger partial charge in [-0.2, -0.15) is 0 Å². The summed E-state index contributed by atoms with van der Waals surface area (Å²) in [5.74, 6) is 0.793. The van der Waals surface area contributed by atoms with E-state index >= 15 is 0 Å². The Kier molecular flexibility index (Phi) is 3.18. The summed E-state index contributed by atoms with van der Waals surface area (Å²) in [4.78, 5) is 10.8. The number of allylic oxidation sites excluding steroid dienone is 2. The molecule has 1 heterocycles. The maximum absolute atomic E-state index is 11.1. The number of nitrogens with zero attached hydrogens (tertiary/aromatic N) is 1. The van der Waals surface area contributed by atoms with Gasteiger partial charge in [-0.05, 0) is 36.0 Å². The molecule has 2 aliphatic rings. The van der Waals surface area contributed by atoms with Crippen LogP contribution in [0.2, 0.25) is 0 Å². The Bertz CT molecular complexity index is 813. The van der Waals surface area contributed by atoms with E-state index in [4.69, 9.17) is 0 Å². The molecule has 23 heavy (non-hydrogen) atoms. The van der Waals surface area contributed by atoms with E-state index < -0.39 is 0 Å². The highest BCUT2D eigenvalue weighted by molar-refractivity contribution is 5.64. The number of para-hydroxylation sites is 1. The molecule has 0 bridgehead atoms. The van der Waals surface area contributed by atoms with E-state index in [2.05, 4.69) is 42.6 Å². The van der Waals surface area contributed by atoms with Crippen molar-refractivity contribution < 1.29 is 4.92 Å². The summed E-state index contributed by atoms with van der Waals surface area (Å²) >= 11 is 0. The number of fused-ring (bicyclic) bond motifs is 3. The van der Waals surface area contributed by atoms with Gasteiger partial charge in [-0.25, -0.2) is 0 Å². The molecule has 4 nitrogen and oxygen atoms in total. The van der Waals surface area contributed by atoms with Crippen LogP contribution >= 0.6 is 0 Å². The quantitative estimate of drug-likeness (QED) is 0.496. The van der Waals surface area contributed by atoms with Crippen molar-refractivity contribution >= 4 is 11.4 Å². The number of nitro benzene ring substituents is 1. The average Bonchev–Trinajstić information content (AvgIpc) is 3.04. The van der Waals surface area contributed by atoms with E-state index in [1.165, 1.54) is 16.8 Å². The van der Waals surface area contributed by atoms with E-state index in [-0.39, 0.29) is 16.7 Å². The molecule has 0 radical (unpaired) electrons. The topological polar surface area (TPSA) is 55.2 Å². The van der Waals surface area contributed by atoms with Crippen molar-refractivity contribution in [3.63, 3.8) is 0 Å². The molecule has 0 aromatic heterocycles. The smallest absolute Gasteiger partial charge is 0.269 e. The molecule has 4 rings (SSSR count). The highest BCUT2D eigenvalue weighted by atomic mass is 16.6. The predicted molar refractivity (Wildman–Crippen MR) is 90.6 cm³/mol. The maximum Gasteiger partial charge on any atom is 0.269 e. The van der Waals surface area contributed by atoms with Gasteiger partial charge in [0.2, 0.25) is 0 Å². The highest BCUT2D eigenvalue weighted by Gasteiger charge is 2.38. The first-order valence-corrected chi connectivity index (χ1v) is 7.92. The summed E-state index contributed by atoms with van der Waals surface area (Å²) in [6.07, 6.45) is 5.52. The Balaban J connectivity index is 1.80. The molecule has 0 saturated heterocycles. The molecule has 2 aromatic carbocycles. The summed E-state index contributed by atoms with van der Waals surface area (Å²) < 4.78 is 0. The molecule has 4 heteroatoms. The zero-order chi connectivity index (χ0) is 16.0. The minimum absolute atomic E-state index is 0.100. The first-order chi connectivity index (χ1) is 11.1.